The predicted molar refractivity (Wildman–Crippen MR) is 97.6 cm³/mol. The molecule has 5 nitrogen and oxygen atoms in total. The van der Waals surface area contributed by atoms with E-state index >= 15 is 0 Å². The van der Waals surface area contributed by atoms with Crippen molar-refractivity contribution < 1.29 is 14.3 Å². The molecule has 138 valence electrons. The van der Waals surface area contributed by atoms with Gasteiger partial charge in [0.05, 0.1) is 13.7 Å². The molecule has 0 saturated carbocycles. The predicted octanol–water partition coefficient (Wildman–Crippen LogP) is 2.55. The minimum Gasteiger partial charge on any atom is -0.497 e. The first-order valence-corrected chi connectivity index (χ1v) is 9.26. The number of benzene rings is 1. The van der Waals surface area contributed by atoms with Gasteiger partial charge in [0.15, 0.2) is 0 Å². The van der Waals surface area contributed by atoms with E-state index in [-0.39, 0.29) is 11.3 Å². The molecule has 1 aromatic carbocycles. The Kier molecular flexibility index (Phi) is 5.97. The number of piperidine rings is 2. The van der Waals surface area contributed by atoms with E-state index in [1.807, 2.05) is 17.0 Å². The van der Waals surface area contributed by atoms with Gasteiger partial charge in [-0.15, -0.1) is 0 Å². The zero-order chi connectivity index (χ0) is 17.7. The van der Waals surface area contributed by atoms with Crippen LogP contribution in [0, 0.1) is 5.41 Å². The number of carbonyl (C=O) groups excluding carboxylic acids is 1. The summed E-state index contributed by atoms with van der Waals surface area (Å²) in [6.07, 6.45) is 4.14. The minimum absolute atomic E-state index is 0.256. The molecule has 2 aliphatic rings. The second-order valence-electron chi connectivity index (χ2n) is 7.47. The van der Waals surface area contributed by atoms with Crippen LogP contribution in [0.15, 0.2) is 24.3 Å². The number of amides is 1. The van der Waals surface area contributed by atoms with Crippen LogP contribution in [0.5, 0.6) is 5.75 Å². The summed E-state index contributed by atoms with van der Waals surface area (Å²) in [5.41, 5.74) is 1.58. The molecule has 1 unspecified atom stereocenters. The van der Waals surface area contributed by atoms with E-state index < -0.39 is 0 Å². The van der Waals surface area contributed by atoms with Crippen LogP contribution in [0.4, 0.5) is 0 Å². The van der Waals surface area contributed by atoms with Crippen molar-refractivity contribution in [2.75, 3.05) is 47.0 Å². The lowest BCUT2D eigenvalue weighted by Gasteiger charge is -2.48. The minimum atomic E-state index is 0.256. The largest absolute Gasteiger partial charge is 0.497 e. The second-order valence-corrected chi connectivity index (χ2v) is 7.47. The quantitative estimate of drug-likeness (QED) is 0.794. The maximum Gasteiger partial charge on any atom is 0.222 e. The van der Waals surface area contributed by atoms with E-state index in [2.05, 4.69) is 17.0 Å². The van der Waals surface area contributed by atoms with E-state index in [1.54, 1.807) is 14.2 Å². The summed E-state index contributed by atoms with van der Waals surface area (Å²) in [4.78, 5) is 16.8. The van der Waals surface area contributed by atoms with Crippen molar-refractivity contribution in [3.05, 3.63) is 29.8 Å². The molecule has 1 aromatic rings. The van der Waals surface area contributed by atoms with Crippen molar-refractivity contribution in [3.63, 3.8) is 0 Å². The van der Waals surface area contributed by atoms with Crippen molar-refractivity contribution in [3.8, 4) is 5.75 Å². The first-order valence-electron chi connectivity index (χ1n) is 9.26. The number of hydrogen-bond acceptors (Lipinski definition) is 4. The summed E-state index contributed by atoms with van der Waals surface area (Å²) in [7, 11) is 3.39. The first-order chi connectivity index (χ1) is 12.1. The van der Waals surface area contributed by atoms with Gasteiger partial charge in [0.1, 0.15) is 5.75 Å². The molecule has 2 saturated heterocycles. The molecule has 5 heteroatoms. The lowest BCUT2D eigenvalue weighted by atomic mass is 9.73. The average molecular weight is 346 g/mol. The van der Waals surface area contributed by atoms with Gasteiger partial charge in [-0.2, -0.15) is 0 Å². The smallest absolute Gasteiger partial charge is 0.222 e. The molecule has 0 aromatic heterocycles. The Morgan fingerprint density at radius 3 is 2.64 bits per heavy atom. The van der Waals surface area contributed by atoms with Gasteiger partial charge >= 0.3 is 0 Å². The summed E-state index contributed by atoms with van der Waals surface area (Å²) in [5.74, 6) is 1.19. The highest BCUT2D eigenvalue weighted by Gasteiger charge is 2.41. The number of rotatable bonds is 6. The Hall–Kier alpha value is -1.59. The molecule has 1 atom stereocenters. The average Bonchev–Trinajstić information content (AvgIpc) is 2.64. The molecular formula is C20H30N2O3. The molecule has 25 heavy (non-hydrogen) atoms. The Labute approximate surface area is 150 Å². The summed E-state index contributed by atoms with van der Waals surface area (Å²) in [5, 5.41) is 0. The van der Waals surface area contributed by atoms with Gasteiger partial charge in [-0.05, 0) is 43.5 Å². The van der Waals surface area contributed by atoms with Gasteiger partial charge in [-0.25, -0.2) is 0 Å². The van der Waals surface area contributed by atoms with Crippen molar-refractivity contribution in [1.82, 2.24) is 9.80 Å². The van der Waals surface area contributed by atoms with Crippen molar-refractivity contribution >= 4 is 5.91 Å². The van der Waals surface area contributed by atoms with E-state index in [1.165, 1.54) is 18.4 Å². The molecule has 1 spiro atoms. The molecule has 2 aliphatic heterocycles. The third-order valence-corrected chi connectivity index (χ3v) is 5.62. The fraction of sp³-hybridized carbons (Fsp3) is 0.650. The molecular weight excluding hydrogens is 316 g/mol. The topological polar surface area (TPSA) is 42.0 Å². The third kappa shape index (κ3) is 4.53. The fourth-order valence-electron chi connectivity index (χ4n) is 4.27. The molecule has 0 aliphatic carbocycles. The zero-order valence-electron chi connectivity index (χ0n) is 15.5. The lowest BCUT2D eigenvalue weighted by molar-refractivity contribution is -0.140. The molecule has 1 amide bonds. The van der Waals surface area contributed by atoms with Gasteiger partial charge in [-0.3, -0.25) is 9.69 Å². The fourth-order valence-corrected chi connectivity index (χ4v) is 4.27. The molecule has 3 rings (SSSR count). The number of methoxy groups -OCH3 is 2. The van der Waals surface area contributed by atoms with Crippen LogP contribution in [0.3, 0.4) is 0 Å². The summed E-state index contributed by atoms with van der Waals surface area (Å²) >= 11 is 0. The van der Waals surface area contributed by atoms with E-state index in [0.717, 1.165) is 44.9 Å². The monoisotopic (exact) mass is 346 g/mol. The van der Waals surface area contributed by atoms with Crippen molar-refractivity contribution in [1.29, 1.82) is 0 Å². The maximum atomic E-state index is 12.2. The van der Waals surface area contributed by atoms with Crippen LogP contribution >= 0.6 is 0 Å². The van der Waals surface area contributed by atoms with E-state index in [4.69, 9.17) is 9.47 Å². The van der Waals surface area contributed by atoms with Crippen LogP contribution in [0.1, 0.15) is 31.2 Å². The van der Waals surface area contributed by atoms with Crippen LogP contribution in [-0.2, 0) is 16.1 Å². The molecule has 2 heterocycles. The number of ether oxygens (including phenoxy) is 2. The Balaban J connectivity index is 1.62. The number of nitrogens with zero attached hydrogens (tertiary/aromatic N) is 2. The van der Waals surface area contributed by atoms with Gasteiger partial charge in [0.25, 0.3) is 0 Å². The highest BCUT2D eigenvalue weighted by atomic mass is 16.5. The van der Waals surface area contributed by atoms with Crippen LogP contribution in [0.2, 0.25) is 0 Å². The second kappa shape index (κ2) is 8.19. The van der Waals surface area contributed by atoms with Crippen molar-refractivity contribution in [2.45, 2.75) is 32.2 Å². The van der Waals surface area contributed by atoms with Gasteiger partial charge < -0.3 is 14.4 Å². The Morgan fingerprint density at radius 2 is 1.92 bits per heavy atom. The van der Waals surface area contributed by atoms with Crippen molar-refractivity contribution in [2.24, 2.45) is 5.41 Å². The normalized spacial score (nSPS) is 24.7. The molecule has 0 radical (unpaired) electrons. The Bertz CT molecular complexity index is 575. The summed E-state index contributed by atoms with van der Waals surface area (Å²) < 4.78 is 10.4. The van der Waals surface area contributed by atoms with Crippen LogP contribution in [-0.4, -0.2) is 62.7 Å². The molecule has 2 fully saturated rings. The number of hydrogen-bond donors (Lipinski definition) is 0. The third-order valence-electron chi connectivity index (χ3n) is 5.62. The summed E-state index contributed by atoms with van der Waals surface area (Å²) in [6.45, 7) is 5.41. The highest BCUT2D eigenvalue weighted by molar-refractivity contribution is 5.77. The lowest BCUT2D eigenvalue weighted by Crippen LogP contribution is -2.54. The standard InChI is InChI=1S/C20H30N2O3/c1-24-13-12-22-16-20(10-8-19(22)23)9-3-11-21(15-20)14-17-4-6-18(25-2)7-5-17/h4-7H,3,8-16H2,1-2H3. The molecule has 0 bridgehead atoms. The molecule has 0 N–H and O–H groups in total. The van der Waals surface area contributed by atoms with Gasteiger partial charge in [-0.1, -0.05) is 12.1 Å². The zero-order valence-corrected chi connectivity index (χ0v) is 15.5. The first kappa shape index (κ1) is 18.2. The SMILES string of the molecule is COCCN1CC2(CCCN(Cc3ccc(OC)cc3)C2)CCC1=O. The number of likely N-dealkylation sites (tertiary alicyclic amines) is 2. The van der Waals surface area contributed by atoms with E-state index in [9.17, 15) is 4.79 Å². The van der Waals surface area contributed by atoms with Crippen LogP contribution in [0.25, 0.3) is 0 Å². The number of carbonyl (C=O) groups is 1. The summed E-state index contributed by atoms with van der Waals surface area (Å²) in [6, 6.07) is 8.35. The maximum absolute atomic E-state index is 12.2. The Morgan fingerprint density at radius 1 is 1.12 bits per heavy atom. The van der Waals surface area contributed by atoms with E-state index in [0.29, 0.717) is 13.0 Å². The van der Waals surface area contributed by atoms with Gasteiger partial charge in [0.2, 0.25) is 5.91 Å². The van der Waals surface area contributed by atoms with Gasteiger partial charge in [0, 0.05) is 45.1 Å². The highest BCUT2D eigenvalue weighted by Crippen LogP contribution is 2.39. The van der Waals surface area contributed by atoms with Crippen LogP contribution < -0.4 is 4.74 Å².